The van der Waals surface area contributed by atoms with E-state index in [4.69, 9.17) is 16.3 Å². The van der Waals surface area contributed by atoms with Crippen LogP contribution in [0.3, 0.4) is 0 Å². The third-order valence-electron chi connectivity index (χ3n) is 2.62. The standard InChI is InChI=1S/C14H17ClO3/c1-3-10-9-11(14(17)18-4-2)5-6-12(10)13(16)7-8-15/h5-6,9H,3-4,7-8H2,1-2H3. The SMILES string of the molecule is CCOC(=O)c1ccc(C(=O)CCCl)c(CC)c1. The van der Waals surface area contributed by atoms with Crippen LogP contribution in [-0.2, 0) is 11.2 Å². The quantitative estimate of drug-likeness (QED) is 0.452. The number of ketones is 1. The maximum Gasteiger partial charge on any atom is 0.338 e. The first kappa shape index (κ1) is 14.7. The summed E-state index contributed by atoms with van der Waals surface area (Å²) in [5.41, 5.74) is 1.98. The molecule has 0 heterocycles. The molecule has 1 aromatic carbocycles. The van der Waals surface area contributed by atoms with Crippen LogP contribution in [0.5, 0.6) is 0 Å². The lowest BCUT2D eigenvalue weighted by atomic mass is 9.97. The van der Waals surface area contributed by atoms with Gasteiger partial charge in [-0.1, -0.05) is 13.0 Å². The zero-order valence-corrected chi connectivity index (χ0v) is 11.4. The smallest absolute Gasteiger partial charge is 0.338 e. The summed E-state index contributed by atoms with van der Waals surface area (Å²) in [7, 11) is 0. The highest BCUT2D eigenvalue weighted by molar-refractivity contribution is 6.19. The van der Waals surface area contributed by atoms with E-state index in [1.807, 2.05) is 6.92 Å². The maximum atomic E-state index is 11.8. The molecular weight excluding hydrogens is 252 g/mol. The van der Waals surface area contributed by atoms with Gasteiger partial charge in [0, 0.05) is 17.9 Å². The van der Waals surface area contributed by atoms with Crippen molar-refractivity contribution in [1.82, 2.24) is 0 Å². The van der Waals surface area contributed by atoms with Gasteiger partial charge in [-0.2, -0.15) is 0 Å². The van der Waals surface area contributed by atoms with Gasteiger partial charge in [0.15, 0.2) is 5.78 Å². The Morgan fingerprint density at radius 1 is 1.28 bits per heavy atom. The van der Waals surface area contributed by atoms with Crippen LogP contribution in [0.2, 0.25) is 0 Å². The van der Waals surface area contributed by atoms with Crippen molar-refractivity contribution in [3.63, 3.8) is 0 Å². The summed E-state index contributed by atoms with van der Waals surface area (Å²) in [4.78, 5) is 23.4. The predicted molar refractivity (Wildman–Crippen MR) is 71.4 cm³/mol. The molecule has 4 heteroatoms. The Morgan fingerprint density at radius 2 is 2.00 bits per heavy atom. The number of benzene rings is 1. The first-order chi connectivity index (χ1) is 8.63. The number of halogens is 1. The molecule has 0 aliphatic carbocycles. The fourth-order valence-electron chi connectivity index (χ4n) is 1.72. The summed E-state index contributed by atoms with van der Waals surface area (Å²) in [6, 6.07) is 5.03. The summed E-state index contributed by atoms with van der Waals surface area (Å²) in [5.74, 6) is -0.0393. The third kappa shape index (κ3) is 3.57. The minimum Gasteiger partial charge on any atom is -0.462 e. The van der Waals surface area contributed by atoms with Gasteiger partial charge in [-0.3, -0.25) is 4.79 Å². The van der Waals surface area contributed by atoms with Crippen molar-refractivity contribution in [2.24, 2.45) is 0 Å². The Balaban J connectivity index is 3.03. The molecule has 0 fully saturated rings. The van der Waals surface area contributed by atoms with E-state index >= 15 is 0 Å². The van der Waals surface area contributed by atoms with E-state index in [1.54, 1.807) is 25.1 Å². The van der Waals surface area contributed by atoms with Crippen LogP contribution in [0.15, 0.2) is 18.2 Å². The molecule has 98 valence electrons. The highest BCUT2D eigenvalue weighted by atomic mass is 35.5. The number of hydrogen-bond acceptors (Lipinski definition) is 3. The van der Waals surface area contributed by atoms with Gasteiger partial charge in [0.2, 0.25) is 0 Å². The molecule has 0 N–H and O–H groups in total. The summed E-state index contributed by atoms with van der Waals surface area (Å²) in [5, 5.41) is 0. The van der Waals surface area contributed by atoms with Gasteiger partial charge in [0.1, 0.15) is 0 Å². The molecule has 0 spiro atoms. The minimum atomic E-state index is -0.358. The minimum absolute atomic E-state index is 0.0114. The van der Waals surface area contributed by atoms with Gasteiger partial charge in [-0.15, -0.1) is 11.6 Å². The van der Waals surface area contributed by atoms with E-state index < -0.39 is 0 Å². The molecule has 3 nitrogen and oxygen atoms in total. The number of esters is 1. The molecular formula is C14H17ClO3. The number of aryl methyl sites for hydroxylation is 1. The second-order valence-electron chi connectivity index (χ2n) is 3.81. The Bertz CT molecular complexity index is 441. The zero-order valence-electron chi connectivity index (χ0n) is 10.7. The molecule has 0 saturated heterocycles. The van der Waals surface area contributed by atoms with E-state index in [0.29, 0.717) is 36.5 Å². The number of Topliss-reactive ketones (excluding diaryl/α,β-unsaturated/α-hetero) is 1. The largest absolute Gasteiger partial charge is 0.462 e. The van der Waals surface area contributed by atoms with E-state index in [9.17, 15) is 9.59 Å². The summed E-state index contributed by atoms with van der Waals surface area (Å²) in [6.45, 7) is 4.05. The van der Waals surface area contributed by atoms with E-state index in [1.165, 1.54) is 0 Å². The van der Waals surface area contributed by atoms with Crippen molar-refractivity contribution in [3.05, 3.63) is 34.9 Å². The topological polar surface area (TPSA) is 43.4 Å². The molecule has 0 radical (unpaired) electrons. The number of ether oxygens (including phenoxy) is 1. The first-order valence-corrected chi connectivity index (χ1v) is 6.56. The number of carbonyl (C=O) groups is 2. The van der Waals surface area contributed by atoms with Gasteiger partial charge in [0.25, 0.3) is 0 Å². The number of carbonyl (C=O) groups excluding carboxylic acids is 2. The second kappa shape index (κ2) is 7.17. The molecule has 0 unspecified atom stereocenters. The molecule has 1 rings (SSSR count). The normalized spacial score (nSPS) is 10.2. The van der Waals surface area contributed by atoms with Crippen molar-refractivity contribution < 1.29 is 14.3 Å². The summed E-state index contributed by atoms with van der Waals surface area (Å²) >= 11 is 5.57. The van der Waals surface area contributed by atoms with Crippen LogP contribution < -0.4 is 0 Å². The van der Waals surface area contributed by atoms with Crippen LogP contribution in [0.1, 0.15) is 46.5 Å². The average Bonchev–Trinajstić information content (AvgIpc) is 2.38. The number of hydrogen-bond donors (Lipinski definition) is 0. The molecule has 0 bridgehead atoms. The highest BCUT2D eigenvalue weighted by Gasteiger charge is 2.13. The Kier molecular flexibility index (Phi) is 5.86. The van der Waals surface area contributed by atoms with Crippen LogP contribution in [0.4, 0.5) is 0 Å². The maximum absolute atomic E-state index is 11.8. The van der Waals surface area contributed by atoms with Crippen molar-refractivity contribution in [2.75, 3.05) is 12.5 Å². The lowest BCUT2D eigenvalue weighted by Crippen LogP contribution is -2.09. The van der Waals surface area contributed by atoms with E-state index in [0.717, 1.165) is 5.56 Å². The molecule has 18 heavy (non-hydrogen) atoms. The molecule has 0 amide bonds. The Hall–Kier alpha value is -1.35. The molecule has 0 aliphatic heterocycles. The first-order valence-electron chi connectivity index (χ1n) is 6.03. The van der Waals surface area contributed by atoms with E-state index in [-0.39, 0.29) is 11.8 Å². The third-order valence-corrected chi connectivity index (χ3v) is 2.81. The van der Waals surface area contributed by atoms with Crippen molar-refractivity contribution in [1.29, 1.82) is 0 Å². The van der Waals surface area contributed by atoms with Gasteiger partial charge in [0.05, 0.1) is 12.2 Å². The lowest BCUT2D eigenvalue weighted by molar-refractivity contribution is 0.0526. The van der Waals surface area contributed by atoms with Crippen LogP contribution in [0, 0.1) is 0 Å². The fraction of sp³-hybridized carbons (Fsp3) is 0.429. The summed E-state index contributed by atoms with van der Waals surface area (Å²) in [6.07, 6.45) is 1.00. The van der Waals surface area contributed by atoms with Crippen LogP contribution in [-0.4, -0.2) is 24.2 Å². The van der Waals surface area contributed by atoms with Gasteiger partial charge < -0.3 is 4.74 Å². The van der Waals surface area contributed by atoms with Crippen molar-refractivity contribution >= 4 is 23.4 Å². The second-order valence-corrected chi connectivity index (χ2v) is 4.19. The fourth-order valence-corrected chi connectivity index (χ4v) is 1.89. The molecule has 0 aromatic heterocycles. The van der Waals surface area contributed by atoms with Crippen LogP contribution >= 0.6 is 11.6 Å². The number of rotatable bonds is 6. The predicted octanol–water partition coefficient (Wildman–Crippen LogP) is 3.24. The van der Waals surface area contributed by atoms with Gasteiger partial charge in [-0.05, 0) is 31.0 Å². The molecule has 1 aromatic rings. The molecule has 0 atom stereocenters. The summed E-state index contributed by atoms with van der Waals surface area (Å²) < 4.78 is 4.93. The molecule has 0 saturated carbocycles. The average molecular weight is 269 g/mol. The monoisotopic (exact) mass is 268 g/mol. The van der Waals surface area contributed by atoms with E-state index in [2.05, 4.69) is 0 Å². The Morgan fingerprint density at radius 3 is 2.56 bits per heavy atom. The number of alkyl halides is 1. The Labute approximate surface area is 112 Å². The molecule has 0 aliphatic rings. The van der Waals surface area contributed by atoms with Crippen molar-refractivity contribution in [2.45, 2.75) is 26.7 Å². The lowest BCUT2D eigenvalue weighted by Gasteiger charge is -2.09. The van der Waals surface area contributed by atoms with Crippen molar-refractivity contribution in [3.8, 4) is 0 Å². The highest BCUT2D eigenvalue weighted by Crippen LogP contribution is 2.16. The van der Waals surface area contributed by atoms with Gasteiger partial charge in [-0.25, -0.2) is 4.79 Å². The van der Waals surface area contributed by atoms with Gasteiger partial charge >= 0.3 is 5.97 Å². The van der Waals surface area contributed by atoms with Crippen LogP contribution in [0.25, 0.3) is 0 Å². The zero-order chi connectivity index (χ0) is 13.5.